The molecule has 1 aromatic rings. The zero-order valence-corrected chi connectivity index (χ0v) is 11.5. The standard InChI is InChI=1S/C13H11F3N4O2/c1-22-10-2-3-17-8-6-20(5-7(8)10)9-4-18-19-12(21)11(9)13(14,15)16/h2-4,11H,5-6H2,1H3. The van der Waals surface area contributed by atoms with E-state index in [0.717, 1.165) is 6.20 Å². The summed E-state index contributed by atoms with van der Waals surface area (Å²) in [5, 5.41) is 6.38. The normalized spacial score (nSPS) is 20.9. The second kappa shape index (κ2) is 5.08. The molecule has 3 rings (SSSR count). The molecule has 1 atom stereocenters. The minimum atomic E-state index is -4.71. The molecule has 2 aliphatic rings. The first-order valence-corrected chi connectivity index (χ1v) is 6.39. The number of hydrogen-bond acceptors (Lipinski definition) is 5. The van der Waals surface area contributed by atoms with Crippen LogP contribution in [-0.4, -0.2) is 29.1 Å². The molecular weight excluding hydrogens is 301 g/mol. The van der Waals surface area contributed by atoms with E-state index >= 15 is 0 Å². The Balaban J connectivity index is 1.94. The molecule has 0 fully saturated rings. The first-order chi connectivity index (χ1) is 10.4. The maximum absolute atomic E-state index is 13.1. The van der Waals surface area contributed by atoms with Crippen LogP contribution in [0.4, 0.5) is 13.2 Å². The topological polar surface area (TPSA) is 67.2 Å². The van der Waals surface area contributed by atoms with Crippen LogP contribution < -0.4 is 4.74 Å². The number of methoxy groups -OCH3 is 1. The Morgan fingerprint density at radius 1 is 1.36 bits per heavy atom. The molecule has 1 aromatic heterocycles. The van der Waals surface area contributed by atoms with Crippen LogP contribution in [0, 0.1) is 5.92 Å². The highest BCUT2D eigenvalue weighted by atomic mass is 19.4. The van der Waals surface area contributed by atoms with Gasteiger partial charge in [0, 0.05) is 18.3 Å². The second-order valence-electron chi connectivity index (χ2n) is 4.88. The number of amides is 1. The smallest absolute Gasteiger partial charge is 0.406 e. The highest BCUT2D eigenvalue weighted by Crippen LogP contribution is 2.40. The van der Waals surface area contributed by atoms with Crippen molar-refractivity contribution in [2.24, 2.45) is 16.1 Å². The van der Waals surface area contributed by atoms with Crippen LogP contribution in [-0.2, 0) is 17.9 Å². The molecule has 0 aliphatic carbocycles. The van der Waals surface area contributed by atoms with Crippen LogP contribution in [0.2, 0.25) is 0 Å². The number of carbonyl (C=O) groups excluding carboxylic acids is 1. The van der Waals surface area contributed by atoms with Crippen molar-refractivity contribution in [3.05, 3.63) is 35.4 Å². The van der Waals surface area contributed by atoms with E-state index in [0.29, 0.717) is 17.0 Å². The molecule has 2 aliphatic heterocycles. The van der Waals surface area contributed by atoms with Gasteiger partial charge in [-0.3, -0.25) is 9.78 Å². The maximum atomic E-state index is 13.1. The number of halogens is 3. The lowest BCUT2D eigenvalue weighted by Crippen LogP contribution is -2.38. The molecular formula is C13H11F3N4O2. The molecule has 0 saturated heterocycles. The number of carbonyl (C=O) groups is 1. The van der Waals surface area contributed by atoms with E-state index in [1.807, 2.05) is 0 Å². The molecule has 6 nitrogen and oxygen atoms in total. The quantitative estimate of drug-likeness (QED) is 0.841. The minimum absolute atomic E-state index is 0.160. The molecule has 1 amide bonds. The Hall–Kier alpha value is -2.45. The first-order valence-electron chi connectivity index (χ1n) is 6.39. The number of hydrogen-bond donors (Lipinski definition) is 0. The Bertz CT molecular complexity index is 684. The van der Waals surface area contributed by atoms with Crippen molar-refractivity contribution in [1.82, 2.24) is 9.88 Å². The Labute approximate surface area is 123 Å². The summed E-state index contributed by atoms with van der Waals surface area (Å²) in [6, 6.07) is 1.64. The number of nitrogens with zero attached hydrogens (tertiary/aromatic N) is 4. The highest BCUT2D eigenvalue weighted by Gasteiger charge is 2.50. The van der Waals surface area contributed by atoms with Gasteiger partial charge in [0.1, 0.15) is 5.75 Å². The molecule has 0 N–H and O–H groups in total. The number of alkyl halides is 3. The van der Waals surface area contributed by atoms with Crippen molar-refractivity contribution in [2.45, 2.75) is 19.3 Å². The predicted octanol–water partition coefficient (Wildman–Crippen LogP) is 2.42. The van der Waals surface area contributed by atoms with Gasteiger partial charge in [0.15, 0.2) is 5.92 Å². The molecule has 0 bridgehead atoms. The molecule has 0 spiro atoms. The minimum Gasteiger partial charge on any atom is -0.496 e. The molecule has 0 saturated carbocycles. The summed E-state index contributed by atoms with van der Waals surface area (Å²) in [5.74, 6) is -3.04. The number of rotatable bonds is 2. The number of pyridine rings is 1. The summed E-state index contributed by atoms with van der Waals surface area (Å²) in [4.78, 5) is 17.1. The molecule has 1 unspecified atom stereocenters. The number of fused-ring (bicyclic) bond motifs is 1. The van der Waals surface area contributed by atoms with Gasteiger partial charge in [-0.05, 0) is 6.07 Å². The first kappa shape index (κ1) is 14.5. The third-order valence-electron chi connectivity index (χ3n) is 3.59. The largest absolute Gasteiger partial charge is 0.496 e. The van der Waals surface area contributed by atoms with Gasteiger partial charge >= 0.3 is 6.18 Å². The van der Waals surface area contributed by atoms with Crippen LogP contribution in [0.25, 0.3) is 0 Å². The Morgan fingerprint density at radius 3 is 2.82 bits per heavy atom. The van der Waals surface area contributed by atoms with Gasteiger partial charge in [-0.2, -0.15) is 18.3 Å². The lowest BCUT2D eigenvalue weighted by molar-refractivity contribution is -0.177. The fourth-order valence-corrected chi connectivity index (χ4v) is 2.60. The SMILES string of the molecule is COc1ccnc2c1CN(C1=CN=NC(=O)C1C(F)(F)F)C2. The van der Waals surface area contributed by atoms with E-state index in [2.05, 4.69) is 15.2 Å². The average molecular weight is 312 g/mol. The van der Waals surface area contributed by atoms with Crippen molar-refractivity contribution in [1.29, 1.82) is 0 Å². The van der Waals surface area contributed by atoms with E-state index in [-0.39, 0.29) is 18.8 Å². The summed E-state index contributed by atoms with van der Waals surface area (Å²) in [5.41, 5.74) is 1.12. The predicted molar refractivity (Wildman–Crippen MR) is 67.5 cm³/mol. The van der Waals surface area contributed by atoms with Crippen molar-refractivity contribution >= 4 is 5.91 Å². The van der Waals surface area contributed by atoms with E-state index in [9.17, 15) is 18.0 Å². The number of ether oxygens (including phenoxy) is 1. The van der Waals surface area contributed by atoms with Crippen molar-refractivity contribution in [3.8, 4) is 5.75 Å². The van der Waals surface area contributed by atoms with Gasteiger partial charge in [0.25, 0.3) is 5.91 Å². The van der Waals surface area contributed by atoms with Crippen LogP contribution in [0.1, 0.15) is 11.3 Å². The Morgan fingerprint density at radius 2 is 2.14 bits per heavy atom. The summed E-state index contributed by atoms with van der Waals surface area (Å²) < 4.78 is 44.6. The van der Waals surface area contributed by atoms with Gasteiger partial charge < -0.3 is 9.64 Å². The van der Waals surface area contributed by atoms with Gasteiger partial charge in [-0.1, -0.05) is 0 Å². The van der Waals surface area contributed by atoms with Crippen molar-refractivity contribution in [3.63, 3.8) is 0 Å². The van der Waals surface area contributed by atoms with E-state index < -0.39 is 18.0 Å². The van der Waals surface area contributed by atoms with E-state index in [1.54, 1.807) is 6.07 Å². The fourth-order valence-electron chi connectivity index (χ4n) is 2.60. The van der Waals surface area contributed by atoms with Crippen LogP contribution >= 0.6 is 0 Å². The van der Waals surface area contributed by atoms with Gasteiger partial charge in [-0.25, -0.2) is 0 Å². The van der Waals surface area contributed by atoms with Crippen molar-refractivity contribution in [2.75, 3.05) is 7.11 Å². The van der Waals surface area contributed by atoms with Gasteiger partial charge in [-0.15, -0.1) is 5.11 Å². The summed E-state index contributed by atoms with van der Waals surface area (Å²) in [6.07, 6.45) is -2.20. The zero-order valence-electron chi connectivity index (χ0n) is 11.5. The molecule has 0 radical (unpaired) electrons. The maximum Gasteiger partial charge on any atom is 0.406 e. The van der Waals surface area contributed by atoms with Crippen LogP contribution in [0.3, 0.4) is 0 Å². The molecule has 0 aromatic carbocycles. The van der Waals surface area contributed by atoms with Crippen LogP contribution in [0.15, 0.2) is 34.4 Å². The zero-order chi connectivity index (χ0) is 15.9. The Kier molecular flexibility index (Phi) is 3.34. The van der Waals surface area contributed by atoms with Gasteiger partial charge in [0.05, 0.1) is 31.2 Å². The van der Waals surface area contributed by atoms with Crippen molar-refractivity contribution < 1.29 is 22.7 Å². The summed E-state index contributed by atoms with van der Waals surface area (Å²) >= 11 is 0. The second-order valence-corrected chi connectivity index (χ2v) is 4.88. The van der Waals surface area contributed by atoms with Crippen LogP contribution in [0.5, 0.6) is 5.75 Å². The number of aromatic nitrogens is 1. The lowest BCUT2D eigenvalue weighted by atomic mass is 10.0. The summed E-state index contributed by atoms with van der Waals surface area (Å²) in [7, 11) is 1.48. The summed E-state index contributed by atoms with van der Waals surface area (Å²) in [6.45, 7) is 0.335. The number of azo groups is 1. The average Bonchev–Trinajstić information content (AvgIpc) is 2.89. The molecule has 9 heteroatoms. The van der Waals surface area contributed by atoms with E-state index in [1.165, 1.54) is 18.2 Å². The highest BCUT2D eigenvalue weighted by molar-refractivity contribution is 5.83. The van der Waals surface area contributed by atoms with E-state index in [4.69, 9.17) is 4.74 Å². The van der Waals surface area contributed by atoms with Gasteiger partial charge in [0.2, 0.25) is 0 Å². The molecule has 22 heavy (non-hydrogen) atoms. The third kappa shape index (κ3) is 2.32. The molecule has 116 valence electrons. The third-order valence-corrected chi connectivity index (χ3v) is 3.59. The molecule has 3 heterocycles. The monoisotopic (exact) mass is 312 g/mol. The lowest BCUT2D eigenvalue weighted by Gasteiger charge is -2.28. The fraction of sp³-hybridized carbons (Fsp3) is 0.385.